The summed E-state index contributed by atoms with van der Waals surface area (Å²) < 4.78 is 7.40. The van der Waals surface area contributed by atoms with Gasteiger partial charge in [0.25, 0.3) is 0 Å². The first-order valence-corrected chi connectivity index (χ1v) is 5.01. The molecule has 16 heavy (non-hydrogen) atoms. The van der Waals surface area contributed by atoms with E-state index in [9.17, 15) is 0 Å². The van der Waals surface area contributed by atoms with Crippen LogP contribution in [0.15, 0.2) is 24.4 Å². The monoisotopic (exact) mass is 218 g/mol. The van der Waals surface area contributed by atoms with Gasteiger partial charge in [-0.05, 0) is 13.0 Å². The molecular weight excluding hydrogens is 204 g/mol. The Bertz CT molecular complexity index is 492. The molecule has 2 aromatic heterocycles. The van der Waals surface area contributed by atoms with E-state index in [4.69, 9.17) is 4.74 Å². The molecule has 0 aromatic carbocycles. The van der Waals surface area contributed by atoms with Crippen LogP contribution in [-0.4, -0.2) is 21.8 Å². The van der Waals surface area contributed by atoms with Crippen LogP contribution in [0, 0.1) is 6.92 Å². The quantitative estimate of drug-likeness (QED) is 0.855. The predicted octanol–water partition coefficient (Wildman–Crippen LogP) is 1.96. The van der Waals surface area contributed by atoms with Crippen LogP contribution in [0.2, 0.25) is 0 Å². The molecule has 2 heterocycles. The van der Waals surface area contributed by atoms with Crippen LogP contribution in [0.4, 0.5) is 5.82 Å². The van der Waals surface area contributed by atoms with E-state index < -0.39 is 0 Å². The Morgan fingerprint density at radius 1 is 1.38 bits per heavy atom. The number of hydrogen-bond acceptors (Lipinski definition) is 4. The standard InChI is InChI=1S/C11H14N4O/c1-8-6-11(15(3)14-8)16-9-4-5-13-10(7-9)12-2/h4-7H,1-3H3,(H,12,13). The molecule has 0 spiro atoms. The van der Waals surface area contributed by atoms with Gasteiger partial charge in [-0.2, -0.15) is 5.10 Å². The number of ether oxygens (including phenoxy) is 1. The molecule has 0 saturated carbocycles. The van der Waals surface area contributed by atoms with Crippen molar-refractivity contribution in [3.05, 3.63) is 30.1 Å². The molecule has 84 valence electrons. The van der Waals surface area contributed by atoms with Gasteiger partial charge in [-0.1, -0.05) is 0 Å². The smallest absolute Gasteiger partial charge is 0.217 e. The van der Waals surface area contributed by atoms with E-state index in [0.29, 0.717) is 5.88 Å². The van der Waals surface area contributed by atoms with Crippen molar-refractivity contribution in [3.8, 4) is 11.6 Å². The highest BCUT2D eigenvalue weighted by Gasteiger charge is 2.04. The molecule has 0 aliphatic carbocycles. The van der Waals surface area contributed by atoms with Gasteiger partial charge < -0.3 is 10.1 Å². The zero-order valence-corrected chi connectivity index (χ0v) is 9.56. The Morgan fingerprint density at radius 2 is 2.19 bits per heavy atom. The highest BCUT2D eigenvalue weighted by Crippen LogP contribution is 2.22. The first-order chi connectivity index (χ1) is 7.69. The second-order valence-electron chi connectivity index (χ2n) is 3.48. The predicted molar refractivity (Wildman–Crippen MR) is 61.8 cm³/mol. The lowest BCUT2D eigenvalue weighted by molar-refractivity contribution is 0.430. The van der Waals surface area contributed by atoms with Crippen molar-refractivity contribution in [2.75, 3.05) is 12.4 Å². The third-order valence-electron chi connectivity index (χ3n) is 2.17. The van der Waals surface area contributed by atoms with E-state index in [1.807, 2.05) is 39.2 Å². The van der Waals surface area contributed by atoms with Gasteiger partial charge in [-0.15, -0.1) is 0 Å². The van der Waals surface area contributed by atoms with Gasteiger partial charge in [-0.25, -0.2) is 9.67 Å². The summed E-state index contributed by atoms with van der Waals surface area (Å²) >= 11 is 0. The molecule has 0 atom stereocenters. The molecule has 0 unspecified atom stereocenters. The average Bonchev–Trinajstić information content (AvgIpc) is 2.58. The molecule has 0 amide bonds. The number of rotatable bonds is 3. The first kappa shape index (κ1) is 10.5. The molecule has 2 aromatic rings. The zero-order valence-electron chi connectivity index (χ0n) is 9.56. The molecule has 0 fully saturated rings. The Hall–Kier alpha value is -2.04. The molecule has 5 heteroatoms. The second kappa shape index (κ2) is 4.22. The highest BCUT2D eigenvalue weighted by molar-refractivity contribution is 5.41. The number of anilines is 1. The molecule has 2 rings (SSSR count). The molecular formula is C11H14N4O. The van der Waals surface area contributed by atoms with E-state index >= 15 is 0 Å². The maximum Gasteiger partial charge on any atom is 0.217 e. The van der Waals surface area contributed by atoms with Gasteiger partial charge in [0.1, 0.15) is 11.6 Å². The van der Waals surface area contributed by atoms with Crippen molar-refractivity contribution in [3.63, 3.8) is 0 Å². The lowest BCUT2D eigenvalue weighted by Crippen LogP contribution is -1.96. The van der Waals surface area contributed by atoms with Gasteiger partial charge in [-0.3, -0.25) is 0 Å². The molecule has 1 N–H and O–H groups in total. The summed E-state index contributed by atoms with van der Waals surface area (Å²) in [6.07, 6.45) is 1.70. The minimum absolute atomic E-state index is 0.714. The summed E-state index contributed by atoms with van der Waals surface area (Å²) in [7, 11) is 3.67. The topological polar surface area (TPSA) is 52.0 Å². The van der Waals surface area contributed by atoms with Crippen LogP contribution in [0.1, 0.15) is 5.69 Å². The number of aryl methyl sites for hydroxylation is 2. The van der Waals surface area contributed by atoms with Gasteiger partial charge in [0.2, 0.25) is 5.88 Å². The molecule has 0 saturated heterocycles. The van der Waals surface area contributed by atoms with Gasteiger partial charge in [0, 0.05) is 32.4 Å². The molecule has 0 radical (unpaired) electrons. The van der Waals surface area contributed by atoms with Crippen LogP contribution in [0.25, 0.3) is 0 Å². The molecule has 0 bridgehead atoms. The van der Waals surface area contributed by atoms with Crippen LogP contribution in [0.3, 0.4) is 0 Å². The average molecular weight is 218 g/mol. The number of nitrogens with one attached hydrogen (secondary N) is 1. The van der Waals surface area contributed by atoms with Crippen LogP contribution in [0.5, 0.6) is 11.6 Å². The van der Waals surface area contributed by atoms with Crippen molar-refractivity contribution >= 4 is 5.82 Å². The summed E-state index contributed by atoms with van der Waals surface area (Å²) in [4.78, 5) is 4.11. The highest BCUT2D eigenvalue weighted by atomic mass is 16.5. The lowest BCUT2D eigenvalue weighted by Gasteiger charge is -2.06. The number of aromatic nitrogens is 3. The van der Waals surface area contributed by atoms with Crippen molar-refractivity contribution in [2.45, 2.75) is 6.92 Å². The lowest BCUT2D eigenvalue weighted by atomic mass is 10.4. The van der Waals surface area contributed by atoms with Gasteiger partial charge >= 0.3 is 0 Å². The maximum atomic E-state index is 5.69. The number of nitrogens with zero attached hydrogens (tertiary/aromatic N) is 3. The second-order valence-corrected chi connectivity index (χ2v) is 3.48. The Labute approximate surface area is 94.1 Å². The summed E-state index contributed by atoms with van der Waals surface area (Å²) in [5.74, 6) is 2.23. The first-order valence-electron chi connectivity index (χ1n) is 5.01. The fraction of sp³-hybridized carbons (Fsp3) is 0.273. The summed E-state index contributed by atoms with van der Waals surface area (Å²) in [5, 5.41) is 7.17. The molecule has 0 aliphatic heterocycles. The van der Waals surface area contributed by atoms with Crippen molar-refractivity contribution in [2.24, 2.45) is 7.05 Å². The summed E-state index contributed by atoms with van der Waals surface area (Å²) in [5.41, 5.74) is 0.931. The minimum atomic E-state index is 0.714. The summed E-state index contributed by atoms with van der Waals surface area (Å²) in [6.45, 7) is 1.93. The Balaban J connectivity index is 2.23. The molecule has 0 aliphatic rings. The number of pyridine rings is 1. The van der Waals surface area contributed by atoms with E-state index in [1.165, 1.54) is 0 Å². The van der Waals surface area contributed by atoms with Crippen molar-refractivity contribution < 1.29 is 4.74 Å². The fourth-order valence-corrected chi connectivity index (χ4v) is 1.41. The zero-order chi connectivity index (χ0) is 11.5. The minimum Gasteiger partial charge on any atom is -0.439 e. The maximum absolute atomic E-state index is 5.69. The van der Waals surface area contributed by atoms with Crippen molar-refractivity contribution in [1.29, 1.82) is 0 Å². The van der Waals surface area contributed by atoms with E-state index in [0.717, 1.165) is 17.3 Å². The summed E-state index contributed by atoms with van der Waals surface area (Å²) in [6, 6.07) is 5.53. The molecule has 5 nitrogen and oxygen atoms in total. The van der Waals surface area contributed by atoms with Crippen LogP contribution in [-0.2, 0) is 7.05 Å². The van der Waals surface area contributed by atoms with E-state index in [-0.39, 0.29) is 0 Å². The van der Waals surface area contributed by atoms with Crippen molar-refractivity contribution in [1.82, 2.24) is 14.8 Å². The van der Waals surface area contributed by atoms with E-state index in [1.54, 1.807) is 10.9 Å². The Kier molecular flexibility index (Phi) is 2.76. The largest absolute Gasteiger partial charge is 0.439 e. The van der Waals surface area contributed by atoms with Crippen LogP contribution >= 0.6 is 0 Å². The normalized spacial score (nSPS) is 10.2. The third kappa shape index (κ3) is 2.13. The number of hydrogen-bond donors (Lipinski definition) is 1. The Morgan fingerprint density at radius 3 is 2.81 bits per heavy atom. The van der Waals surface area contributed by atoms with E-state index in [2.05, 4.69) is 15.4 Å². The van der Waals surface area contributed by atoms with Gasteiger partial charge in [0.15, 0.2) is 0 Å². The third-order valence-corrected chi connectivity index (χ3v) is 2.17. The SMILES string of the molecule is CNc1cc(Oc2cc(C)nn2C)ccn1. The fourth-order valence-electron chi connectivity index (χ4n) is 1.41. The van der Waals surface area contributed by atoms with Crippen LogP contribution < -0.4 is 10.1 Å². The van der Waals surface area contributed by atoms with Gasteiger partial charge in [0.05, 0.1) is 5.69 Å².